The van der Waals surface area contributed by atoms with Gasteiger partial charge in [-0.1, -0.05) is 25.4 Å². The van der Waals surface area contributed by atoms with E-state index < -0.39 is 5.82 Å². The average Bonchev–Trinajstić information content (AvgIpc) is 2.14. The maximum absolute atomic E-state index is 12.9. The molecule has 0 saturated heterocycles. The van der Waals surface area contributed by atoms with Gasteiger partial charge in [-0.15, -0.1) is 0 Å². The van der Waals surface area contributed by atoms with Gasteiger partial charge in [-0.3, -0.25) is 0 Å². The Morgan fingerprint density at radius 3 is 2.73 bits per heavy atom. The highest BCUT2D eigenvalue weighted by atomic mass is 35.5. The lowest BCUT2D eigenvalue weighted by Gasteiger charge is -2.11. The number of nitriles is 1. The molecule has 0 aromatic heterocycles. The smallest absolute Gasteiger partial charge is 0.155 e. The second-order valence-electron chi connectivity index (χ2n) is 3.58. The summed E-state index contributed by atoms with van der Waals surface area (Å²) in [5.41, 5.74) is 0.126. The second-order valence-corrected chi connectivity index (χ2v) is 3.99. The van der Waals surface area contributed by atoms with Crippen molar-refractivity contribution >= 4 is 11.6 Å². The summed E-state index contributed by atoms with van der Waals surface area (Å²) in [6.45, 7) is 4.40. The van der Waals surface area contributed by atoms with Crippen LogP contribution in [0.25, 0.3) is 0 Å². The molecule has 0 heterocycles. The highest BCUT2D eigenvalue weighted by Crippen LogP contribution is 2.29. The quantitative estimate of drug-likeness (QED) is 0.793. The van der Waals surface area contributed by atoms with Gasteiger partial charge in [0.2, 0.25) is 0 Å². The van der Waals surface area contributed by atoms with Gasteiger partial charge in [-0.05, 0) is 18.1 Å². The van der Waals surface area contributed by atoms with Gasteiger partial charge in [0.05, 0.1) is 17.2 Å². The maximum Gasteiger partial charge on any atom is 0.155 e. The molecule has 0 saturated carbocycles. The number of ether oxygens (including phenoxy) is 1. The number of halogens is 2. The SMILES string of the molecule is CC(C)COc1c(Cl)cc(F)cc1C#N. The Morgan fingerprint density at radius 1 is 1.53 bits per heavy atom. The van der Waals surface area contributed by atoms with Crippen LogP contribution in [0.2, 0.25) is 5.02 Å². The molecule has 0 bridgehead atoms. The van der Waals surface area contributed by atoms with Gasteiger partial charge in [-0.25, -0.2) is 4.39 Å². The second kappa shape index (κ2) is 4.99. The zero-order chi connectivity index (χ0) is 11.4. The predicted molar refractivity (Wildman–Crippen MR) is 56.5 cm³/mol. The van der Waals surface area contributed by atoms with Gasteiger partial charge in [-0.2, -0.15) is 5.26 Å². The Kier molecular flexibility index (Phi) is 3.93. The van der Waals surface area contributed by atoms with Crippen LogP contribution in [0.3, 0.4) is 0 Å². The lowest BCUT2D eigenvalue weighted by atomic mass is 10.2. The van der Waals surface area contributed by atoms with E-state index in [-0.39, 0.29) is 16.3 Å². The molecule has 0 aliphatic carbocycles. The Labute approximate surface area is 93.2 Å². The highest BCUT2D eigenvalue weighted by Gasteiger charge is 2.11. The first-order valence-corrected chi connectivity index (χ1v) is 4.94. The van der Waals surface area contributed by atoms with E-state index in [0.717, 1.165) is 12.1 Å². The van der Waals surface area contributed by atoms with E-state index in [4.69, 9.17) is 21.6 Å². The largest absolute Gasteiger partial charge is 0.490 e. The van der Waals surface area contributed by atoms with Crippen molar-refractivity contribution < 1.29 is 9.13 Å². The minimum Gasteiger partial charge on any atom is -0.490 e. The zero-order valence-corrected chi connectivity index (χ0v) is 9.31. The van der Waals surface area contributed by atoms with E-state index in [1.54, 1.807) is 0 Å². The van der Waals surface area contributed by atoms with Crippen LogP contribution in [0, 0.1) is 23.1 Å². The topological polar surface area (TPSA) is 33.0 Å². The number of nitrogens with zero attached hydrogens (tertiary/aromatic N) is 1. The summed E-state index contributed by atoms with van der Waals surface area (Å²) in [5.74, 6) is 0.0420. The van der Waals surface area contributed by atoms with Crippen LogP contribution in [0.1, 0.15) is 19.4 Å². The third kappa shape index (κ3) is 3.10. The molecule has 0 atom stereocenters. The molecule has 4 heteroatoms. The molecule has 1 rings (SSSR count). The van der Waals surface area contributed by atoms with Crippen molar-refractivity contribution in [3.05, 3.63) is 28.5 Å². The first kappa shape index (κ1) is 11.8. The molecular formula is C11H11ClFNO. The molecule has 0 aliphatic rings. The normalized spacial score (nSPS) is 10.1. The molecule has 1 aromatic rings. The summed E-state index contributed by atoms with van der Waals surface area (Å²) >= 11 is 5.78. The minimum absolute atomic E-state index is 0.126. The molecule has 2 nitrogen and oxygen atoms in total. The maximum atomic E-state index is 12.9. The number of hydrogen-bond donors (Lipinski definition) is 0. The van der Waals surface area contributed by atoms with Crippen molar-refractivity contribution in [2.75, 3.05) is 6.61 Å². The molecule has 1 aromatic carbocycles. The Hall–Kier alpha value is -1.27. The van der Waals surface area contributed by atoms with Crippen molar-refractivity contribution in [1.29, 1.82) is 5.26 Å². The van der Waals surface area contributed by atoms with Crippen molar-refractivity contribution in [1.82, 2.24) is 0 Å². The monoisotopic (exact) mass is 227 g/mol. The zero-order valence-electron chi connectivity index (χ0n) is 8.55. The van der Waals surface area contributed by atoms with Crippen LogP contribution in [0.15, 0.2) is 12.1 Å². The molecule has 0 N–H and O–H groups in total. The van der Waals surface area contributed by atoms with Gasteiger partial charge in [0, 0.05) is 0 Å². The Balaban J connectivity index is 3.00. The summed E-state index contributed by atoms with van der Waals surface area (Å²) in [7, 11) is 0. The van der Waals surface area contributed by atoms with Gasteiger partial charge in [0.25, 0.3) is 0 Å². The molecule has 0 fully saturated rings. The highest BCUT2D eigenvalue weighted by molar-refractivity contribution is 6.32. The van der Waals surface area contributed by atoms with Crippen LogP contribution in [-0.2, 0) is 0 Å². The molecule has 15 heavy (non-hydrogen) atoms. The average molecular weight is 228 g/mol. The van der Waals surface area contributed by atoms with Crippen LogP contribution in [0.5, 0.6) is 5.75 Å². The van der Waals surface area contributed by atoms with E-state index >= 15 is 0 Å². The third-order valence-electron chi connectivity index (χ3n) is 1.69. The minimum atomic E-state index is -0.534. The van der Waals surface area contributed by atoms with Crippen molar-refractivity contribution in [2.45, 2.75) is 13.8 Å². The fourth-order valence-corrected chi connectivity index (χ4v) is 1.30. The molecule has 0 aliphatic heterocycles. The van der Waals surface area contributed by atoms with E-state index in [9.17, 15) is 4.39 Å². The van der Waals surface area contributed by atoms with Gasteiger partial charge in [0.15, 0.2) is 5.75 Å². The van der Waals surface area contributed by atoms with E-state index in [1.807, 2.05) is 19.9 Å². The molecule has 0 unspecified atom stereocenters. The Morgan fingerprint density at radius 2 is 2.20 bits per heavy atom. The number of rotatable bonds is 3. The lowest BCUT2D eigenvalue weighted by Crippen LogP contribution is -2.06. The Bertz CT molecular complexity index is 398. The molecule has 0 radical (unpaired) electrons. The van der Waals surface area contributed by atoms with Crippen LogP contribution < -0.4 is 4.74 Å². The standard InChI is InChI=1S/C11H11ClFNO/c1-7(2)6-15-11-8(5-14)3-9(13)4-10(11)12/h3-4,7H,6H2,1-2H3. The van der Waals surface area contributed by atoms with Gasteiger partial charge >= 0.3 is 0 Å². The fourth-order valence-electron chi connectivity index (χ4n) is 1.04. The third-order valence-corrected chi connectivity index (χ3v) is 1.97. The first-order chi connectivity index (χ1) is 7.04. The van der Waals surface area contributed by atoms with Crippen LogP contribution in [0.4, 0.5) is 4.39 Å². The van der Waals surface area contributed by atoms with E-state index in [1.165, 1.54) is 0 Å². The van der Waals surface area contributed by atoms with Gasteiger partial charge in [0.1, 0.15) is 11.9 Å². The summed E-state index contributed by atoms with van der Waals surface area (Å²) < 4.78 is 18.3. The lowest BCUT2D eigenvalue weighted by molar-refractivity contribution is 0.270. The fraction of sp³-hybridized carbons (Fsp3) is 0.364. The van der Waals surface area contributed by atoms with Crippen molar-refractivity contribution in [3.8, 4) is 11.8 Å². The summed E-state index contributed by atoms with van der Waals surface area (Å²) in [5, 5.41) is 8.91. The van der Waals surface area contributed by atoms with E-state index in [0.29, 0.717) is 12.5 Å². The van der Waals surface area contributed by atoms with Gasteiger partial charge < -0.3 is 4.74 Å². The predicted octanol–water partition coefficient (Wildman–Crippen LogP) is 3.39. The molecular weight excluding hydrogens is 217 g/mol. The van der Waals surface area contributed by atoms with E-state index in [2.05, 4.69) is 0 Å². The summed E-state index contributed by atoms with van der Waals surface area (Å²) in [6, 6.07) is 4.10. The van der Waals surface area contributed by atoms with Crippen molar-refractivity contribution in [3.63, 3.8) is 0 Å². The van der Waals surface area contributed by atoms with Crippen LogP contribution in [-0.4, -0.2) is 6.61 Å². The molecule has 0 amide bonds. The number of benzene rings is 1. The number of hydrogen-bond acceptors (Lipinski definition) is 2. The molecule has 0 spiro atoms. The summed E-state index contributed by atoms with van der Waals surface area (Å²) in [4.78, 5) is 0. The van der Waals surface area contributed by atoms with Crippen LogP contribution >= 0.6 is 11.6 Å². The summed E-state index contributed by atoms with van der Waals surface area (Å²) in [6.07, 6.45) is 0. The van der Waals surface area contributed by atoms with Crippen molar-refractivity contribution in [2.24, 2.45) is 5.92 Å². The molecule has 80 valence electrons. The first-order valence-electron chi connectivity index (χ1n) is 4.56.